The van der Waals surface area contributed by atoms with Gasteiger partial charge in [-0.3, -0.25) is 0 Å². The average Bonchev–Trinajstić information content (AvgIpc) is 2.77. The molecule has 106 valence electrons. The summed E-state index contributed by atoms with van der Waals surface area (Å²) in [7, 11) is 0. The molecule has 19 heavy (non-hydrogen) atoms. The van der Waals surface area contributed by atoms with Crippen molar-refractivity contribution in [3.8, 4) is 5.75 Å². The largest absolute Gasteiger partial charge is 0.493 e. The Morgan fingerprint density at radius 2 is 2.21 bits per heavy atom. The van der Waals surface area contributed by atoms with Crippen molar-refractivity contribution in [2.45, 2.75) is 45.1 Å². The molecule has 0 amide bonds. The van der Waals surface area contributed by atoms with Crippen molar-refractivity contribution >= 4 is 0 Å². The molecule has 0 heterocycles. The lowest BCUT2D eigenvalue weighted by Gasteiger charge is -2.29. The first-order chi connectivity index (χ1) is 9.07. The molecule has 1 aromatic carbocycles. The molecule has 1 aliphatic carbocycles. The Balaban J connectivity index is 1.88. The molecule has 2 unspecified atom stereocenters. The van der Waals surface area contributed by atoms with Crippen LogP contribution in [0.25, 0.3) is 0 Å². The maximum absolute atomic E-state index is 9.43. The summed E-state index contributed by atoms with van der Waals surface area (Å²) in [5.74, 6) is 1.34. The van der Waals surface area contributed by atoms with Gasteiger partial charge in [-0.05, 0) is 56.2 Å². The quantitative estimate of drug-likeness (QED) is 0.858. The predicted octanol–water partition coefficient (Wildman–Crippen LogP) is 2.56. The lowest BCUT2D eigenvalue weighted by molar-refractivity contribution is 0.143. The molecule has 3 N–H and O–H groups in total. The average molecular weight is 263 g/mol. The number of ether oxygens (including phenoxy) is 1. The van der Waals surface area contributed by atoms with Gasteiger partial charge in [-0.15, -0.1) is 0 Å². The molecule has 1 aliphatic rings. The van der Waals surface area contributed by atoms with Gasteiger partial charge in [-0.1, -0.05) is 18.6 Å². The number of nitrogens with two attached hydrogens (primary N) is 1. The first kappa shape index (κ1) is 14.4. The minimum Gasteiger partial charge on any atom is -0.493 e. The number of aryl methyl sites for hydroxylation is 1. The van der Waals surface area contributed by atoms with Gasteiger partial charge in [0, 0.05) is 5.54 Å². The zero-order chi connectivity index (χ0) is 13.9. The molecule has 2 rings (SSSR count). The van der Waals surface area contributed by atoms with Gasteiger partial charge in [0.25, 0.3) is 0 Å². The van der Waals surface area contributed by atoms with Crippen molar-refractivity contribution in [1.82, 2.24) is 0 Å². The summed E-state index contributed by atoms with van der Waals surface area (Å²) >= 11 is 0. The molecule has 3 nitrogen and oxygen atoms in total. The molecular formula is C16H25NO2. The number of rotatable bonds is 5. The Labute approximate surface area is 115 Å². The zero-order valence-electron chi connectivity index (χ0n) is 12.0. The highest BCUT2D eigenvalue weighted by Crippen LogP contribution is 2.35. The topological polar surface area (TPSA) is 55.5 Å². The molecule has 1 fully saturated rings. The van der Waals surface area contributed by atoms with Crippen molar-refractivity contribution in [2.24, 2.45) is 11.7 Å². The molecule has 2 atom stereocenters. The van der Waals surface area contributed by atoms with Crippen LogP contribution in [0.3, 0.4) is 0 Å². The Hall–Kier alpha value is -1.06. The van der Waals surface area contributed by atoms with Gasteiger partial charge in [0.1, 0.15) is 5.75 Å². The molecule has 0 saturated heterocycles. The molecular weight excluding hydrogens is 238 g/mol. The molecule has 0 radical (unpaired) electrons. The minimum absolute atomic E-state index is 0.0845. The van der Waals surface area contributed by atoms with E-state index in [2.05, 4.69) is 19.9 Å². The number of benzene rings is 1. The van der Waals surface area contributed by atoms with Gasteiger partial charge in [0.05, 0.1) is 13.2 Å². The summed E-state index contributed by atoms with van der Waals surface area (Å²) in [5, 5.41) is 9.43. The Kier molecular flexibility index (Phi) is 4.48. The highest BCUT2D eigenvalue weighted by atomic mass is 16.5. The van der Waals surface area contributed by atoms with Crippen molar-refractivity contribution in [3.63, 3.8) is 0 Å². The molecule has 1 aromatic rings. The fraction of sp³-hybridized carbons (Fsp3) is 0.625. The number of aliphatic hydroxyl groups excluding tert-OH is 1. The third-order valence-electron chi connectivity index (χ3n) is 4.58. The van der Waals surface area contributed by atoms with Crippen LogP contribution in [0.2, 0.25) is 0 Å². The predicted molar refractivity (Wildman–Crippen MR) is 77.4 cm³/mol. The van der Waals surface area contributed by atoms with E-state index < -0.39 is 0 Å². The second-order valence-corrected chi connectivity index (χ2v) is 5.82. The maximum atomic E-state index is 9.43. The SMILES string of the molecule is Cc1cccc(OCCC2CCCC2(N)CO)c1C. The van der Waals surface area contributed by atoms with Crippen LogP contribution < -0.4 is 10.5 Å². The van der Waals surface area contributed by atoms with Crippen LogP contribution in [0.15, 0.2) is 18.2 Å². The lowest BCUT2D eigenvalue weighted by atomic mass is 9.87. The van der Waals surface area contributed by atoms with E-state index in [9.17, 15) is 5.11 Å². The van der Waals surface area contributed by atoms with Gasteiger partial charge in [-0.25, -0.2) is 0 Å². The van der Waals surface area contributed by atoms with Gasteiger partial charge in [-0.2, -0.15) is 0 Å². The van der Waals surface area contributed by atoms with Crippen molar-refractivity contribution in [2.75, 3.05) is 13.2 Å². The monoisotopic (exact) mass is 263 g/mol. The number of hydrogen-bond donors (Lipinski definition) is 2. The fourth-order valence-electron chi connectivity index (χ4n) is 3.00. The molecule has 0 aromatic heterocycles. The van der Waals surface area contributed by atoms with Crippen LogP contribution in [0.5, 0.6) is 5.75 Å². The van der Waals surface area contributed by atoms with Gasteiger partial charge in [0.15, 0.2) is 0 Å². The van der Waals surface area contributed by atoms with E-state index in [-0.39, 0.29) is 12.1 Å². The van der Waals surface area contributed by atoms with Crippen LogP contribution in [0, 0.1) is 19.8 Å². The molecule has 3 heteroatoms. The standard InChI is InChI=1S/C16H25NO2/c1-12-5-3-7-15(13(12)2)19-10-8-14-6-4-9-16(14,17)11-18/h3,5,7,14,18H,4,6,8-11,17H2,1-2H3. The Bertz CT molecular complexity index is 433. The second kappa shape index (κ2) is 5.93. The highest BCUT2D eigenvalue weighted by Gasteiger charge is 2.38. The van der Waals surface area contributed by atoms with E-state index in [4.69, 9.17) is 10.5 Å². The van der Waals surface area contributed by atoms with Crippen LogP contribution >= 0.6 is 0 Å². The molecule has 0 bridgehead atoms. The number of hydrogen-bond acceptors (Lipinski definition) is 3. The van der Waals surface area contributed by atoms with E-state index in [0.29, 0.717) is 12.5 Å². The first-order valence-electron chi connectivity index (χ1n) is 7.15. The zero-order valence-corrected chi connectivity index (χ0v) is 12.0. The van der Waals surface area contributed by atoms with Gasteiger partial charge in [0.2, 0.25) is 0 Å². The highest BCUT2D eigenvalue weighted by molar-refractivity contribution is 5.38. The maximum Gasteiger partial charge on any atom is 0.122 e. The first-order valence-corrected chi connectivity index (χ1v) is 7.15. The smallest absolute Gasteiger partial charge is 0.122 e. The second-order valence-electron chi connectivity index (χ2n) is 5.82. The van der Waals surface area contributed by atoms with E-state index in [1.165, 1.54) is 11.1 Å². The summed E-state index contributed by atoms with van der Waals surface area (Å²) in [6.07, 6.45) is 4.07. The van der Waals surface area contributed by atoms with E-state index in [1.807, 2.05) is 12.1 Å². The molecule has 0 spiro atoms. The fourth-order valence-corrected chi connectivity index (χ4v) is 3.00. The summed E-state index contributed by atoms with van der Waals surface area (Å²) in [6.45, 7) is 4.94. The van der Waals surface area contributed by atoms with Crippen molar-refractivity contribution in [1.29, 1.82) is 0 Å². The van der Waals surface area contributed by atoms with Crippen LogP contribution in [0.1, 0.15) is 36.8 Å². The van der Waals surface area contributed by atoms with Crippen LogP contribution in [-0.2, 0) is 0 Å². The Morgan fingerprint density at radius 1 is 1.42 bits per heavy atom. The normalized spacial score (nSPS) is 26.6. The third kappa shape index (κ3) is 3.10. The van der Waals surface area contributed by atoms with E-state index >= 15 is 0 Å². The summed E-state index contributed by atoms with van der Waals surface area (Å²) < 4.78 is 5.88. The lowest BCUT2D eigenvalue weighted by Crippen LogP contribution is -2.47. The molecule has 1 saturated carbocycles. The number of aliphatic hydroxyl groups is 1. The third-order valence-corrected chi connectivity index (χ3v) is 4.58. The van der Waals surface area contributed by atoms with E-state index in [1.54, 1.807) is 0 Å². The van der Waals surface area contributed by atoms with Gasteiger partial charge < -0.3 is 15.6 Å². The molecule has 0 aliphatic heterocycles. The minimum atomic E-state index is -0.384. The van der Waals surface area contributed by atoms with Crippen molar-refractivity contribution < 1.29 is 9.84 Å². The Morgan fingerprint density at radius 3 is 2.95 bits per heavy atom. The van der Waals surface area contributed by atoms with Crippen molar-refractivity contribution in [3.05, 3.63) is 29.3 Å². The van der Waals surface area contributed by atoms with Crippen LogP contribution in [-0.4, -0.2) is 23.9 Å². The summed E-state index contributed by atoms with van der Waals surface area (Å²) in [4.78, 5) is 0. The van der Waals surface area contributed by atoms with Crippen LogP contribution in [0.4, 0.5) is 0 Å². The summed E-state index contributed by atoms with van der Waals surface area (Å²) in [5.41, 5.74) is 8.30. The summed E-state index contributed by atoms with van der Waals surface area (Å²) in [6, 6.07) is 6.13. The van der Waals surface area contributed by atoms with Gasteiger partial charge >= 0.3 is 0 Å². The van der Waals surface area contributed by atoms with E-state index in [0.717, 1.165) is 31.4 Å².